The lowest BCUT2D eigenvalue weighted by molar-refractivity contribution is 0.145. The Bertz CT molecular complexity index is 373. The molecule has 1 rings (SSSR count). The van der Waals surface area contributed by atoms with Crippen molar-refractivity contribution in [2.45, 2.75) is 44.8 Å². The summed E-state index contributed by atoms with van der Waals surface area (Å²) in [5.74, 6) is 0. The van der Waals surface area contributed by atoms with Crippen molar-refractivity contribution in [3.8, 4) is 0 Å². The number of unbranched alkanes of at least 4 members (excludes halogenated alkanes) is 2. The molecule has 0 aliphatic heterocycles. The van der Waals surface area contributed by atoms with Crippen LogP contribution >= 0.6 is 0 Å². The first-order valence-corrected chi connectivity index (χ1v) is 6.99. The maximum atomic E-state index is 9.61. The fourth-order valence-electron chi connectivity index (χ4n) is 1.83. The predicted molar refractivity (Wildman–Crippen MR) is 79.8 cm³/mol. The van der Waals surface area contributed by atoms with Crippen molar-refractivity contribution in [3.63, 3.8) is 0 Å². The highest BCUT2D eigenvalue weighted by Gasteiger charge is 2.08. The third kappa shape index (κ3) is 6.01. The topological polar surface area (TPSA) is 66.5 Å². The van der Waals surface area contributed by atoms with E-state index in [1.54, 1.807) is 6.08 Å². The highest BCUT2D eigenvalue weighted by molar-refractivity contribution is 5.50. The first-order chi connectivity index (χ1) is 9.17. The summed E-state index contributed by atoms with van der Waals surface area (Å²) in [7, 11) is 0. The number of benzene rings is 1. The van der Waals surface area contributed by atoms with Gasteiger partial charge in [-0.05, 0) is 24.0 Å². The summed E-state index contributed by atoms with van der Waals surface area (Å²) < 4.78 is 0. The summed E-state index contributed by atoms with van der Waals surface area (Å²) in [4.78, 5) is 0. The Balaban J connectivity index is 2.49. The van der Waals surface area contributed by atoms with E-state index in [9.17, 15) is 5.11 Å². The predicted octanol–water partition coefficient (Wildman–Crippen LogP) is 2.11. The van der Waals surface area contributed by atoms with Crippen LogP contribution in [-0.2, 0) is 6.42 Å². The van der Waals surface area contributed by atoms with Gasteiger partial charge in [0.05, 0.1) is 18.8 Å². The van der Waals surface area contributed by atoms with Crippen LogP contribution in [-0.4, -0.2) is 29.0 Å². The van der Waals surface area contributed by atoms with Gasteiger partial charge in [0.1, 0.15) is 0 Å². The number of aliphatic hydroxyl groups is 2. The van der Waals surface area contributed by atoms with Crippen molar-refractivity contribution in [3.05, 3.63) is 41.5 Å². The zero-order chi connectivity index (χ0) is 14.1. The van der Waals surface area contributed by atoms with Gasteiger partial charge in [0.25, 0.3) is 0 Å². The molecule has 19 heavy (non-hydrogen) atoms. The minimum absolute atomic E-state index is 0.220. The number of aliphatic hydroxyl groups excluding tert-OH is 2. The van der Waals surface area contributed by atoms with Crippen molar-refractivity contribution < 1.29 is 10.2 Å². The van der Waals surface area contributed by atoms with Gasteiger partial charge in [-0.3, -0.25) is 0 Å². The maximum Gasteiger partial charge on any atom is 0.0897 e. The summed E-state index contributed by atoms with van der Waals surface area (Å²) in [5, 5.41) is 18.4. The Hall–Kier alpha value is -1.16. The third-order valence-corrected chi connectivity index (χ3v) is 3.18. The van der Waals surface area contributed by atoms with Crippen LogP contribution in [0.5, 0.6) is 0 Å². The summed E-state index contributed by atoms with van der Waals surface area (Å²) in [5.41, 5.74) is 7.90. The molecule has 0 aliphatic carbocycles. The van der Waals surface area contributed by atoms with Crippen LogP contribution in [0.25, 0.3) is 6.08 Å². The van der Waals surface area contributed by atoms with E-state index < -0.39 is 12.1 Å². The lowest BCUT2D eigenvalue weighted by atomic mass is 10.0. The number of aryl methyl sites for hydroxylation is 1. The van der Waals surface area contributed by atoms with E-state index in [0.29, 0.717) is 0 Å². The highest BCUT2D eigenvalue weighted by Crippen LogP contribution is 2.10. The van der Waals surface area contributed by atoms with Gasteiger partial charge in [-0.15, -0.1) is 0 Å². The average Bonchev–Trinajstić information content (AvgIpc) is 2.45. The molecule has 2 atom stereocenters. The van der Waals surface area contributed by atoms with Crippen molar-refractivity contribution in [2.75, 3.05) is 6.61 Å². The molecule has 0 saturated carbocycles. The lowest BCUT2D eigenvalue weighted by Crippen LogP contribution is -2.36. The molecule has 106 valence electrons. The number of nitrogens with two attached hydrogens (primary N) is 1. The lowest BCUT2D eigenvalue weighted by Gasteiger charge is -2.11. The SMILES string of the molecule is CCCCCc1ccc(C=CC(O)C(N)CO)cc1. The fourth-order valence-corrected chi connectivity index (χ4v) is 1.83. The van der Waals surface area contributed by atoms with Crippen molar-refractivity contribution >= 4 is 6.08 Å². The molecule has 0 bridgehead atoms. The minimum Gasteiger partial charge on any atom is -0.395 e. The summed E-state index contributed by atoms with van der Waals surface area (Å²) in [6.07, 6.45) is 7.50. The van der Waals surface area contributed by atoms with E-state index in [1.807, 2.05) is 18.2 Å². The van der Waals surface area contributed by atoms with E-state index in [1.165, 1.54) is 24.8 Å². The molecule has 4 N–H and O–H groups in total. The van der Waals surface area contributed by atoms with Crippen LogP contribution in [0.3, 0.4) is 0 Å². The molecule has 0 radical (unpaired) electrons. The molecule has 0 amide bonds. The summed E-state index contributed by atoms with van der Waals surface area (Å²) >= 11 is 0. The molecule has 0 aromatic heterocycles. The maximum absolute atomic E-state index is 9.61. The summed E-state index contributed by atoms with van der Waals surface area (Å²) in [6, 6.07) is 7.69. The van der Waals surface area contributed by atoms with E-state index in [0.717, 1.165) is 12.0 Å². The Labute approximate surface area is 115 Å². The molecule has 0 saturated heterocycles. The van der Waals surface area contributed by atoms with Gasteiger partial charge in [-0.2, -0.15) is 0 Å². The fraction of sp³-hybridized carbons (Fsp3) is 0.500. The van der Waals surface area contributed by atoms with Gasteiger partial charge in [0.15, 0.2) is 0 Å². The van der Waals surface area contributed by atoms with Gasteiger partial charge >= 0.3 is 0 Å². The third-order valence-electron chi connectivity index (χ3n) is 3.18. The number of hydrogen-bond donors (Lipinski definition) is 3. The molecule has 0 aliphatic rings. The Morgan fingerprint density at radius 1 is 1.21 bits per heavy atom. The molecule has 1 aromatic rings. The van der Waals surface area contributed by atoms with Gasteiger partial charge in [-0.25, -0.2) is 0 Å². The van der Waals surface area contributed by atoms with Crippen LogP contribution in [0.2, 0.25) is 0 Å². The van der Waals surface area contributed by atoms with E-state index in [-0.39, 0.29) is 6.61 Å². The van der Waals surface area contributed by atoms with Crippen LogP contribution < -0.4 is 5.73 Å². The molecular weight excluding hydrogens is 238 g/mol. The Morgan fingerprint density at radius 3 is 2.47 bits per heavy atom. The number of rotatable bonds is 8. The molecule has 1 aromatic carbocycles. The Morgan fingerprint density at radius 2 is 1.89 bits per heavy atom. The van der Waals surface area contributed by atoms with Crippen molar-refractivity contribution in [1.82, 2.24) is 0 Å². The normalized spacial score (nSPS) is 14.7. The number of hydrogen-bond acceptors (Lipinski definition) is 3. The van der Waals surface area contributed by atoms with Gasteiger partial charge in [0.2, 0.25) is 0 Å². The molecule has 3 nitrogen and oxygen atoms in total. The monoisotopic (exact) mass is 263 g/mol. The van der Waals surface area contributed by atoms with Crippen LogP contribution in [0, 0.1) is 0 Å². The van der Waals surface area contributed by atoms with E-state index >= 15 is 0 Å². The highest BCUT2D eigenvalue weighted by atomic mass is 16.3. The first-order valence-electron chi connectivity index (χ1n) is 6.99. The van der Waals surface area contributed by atoms with Crippen LogP contribution in [0.15, 0.2) is 30.3 Å². The second kappa shape index (κ2) is 8.86. The smallest absolute Gasteiger partial charge is 0.0897 e. The zero-order valence-corrected chi connectivity index (χ0v) is 11.6. The molecular formula is C16H25NO2. The molecule has 0 fully saturated rings. The zero-order valence-electron chi connectivity index (χ0n) is 11.6. The minimum atomic E-state index is -0.811. The second-order valence-electron chi connectivity index (χ2n) is 4.89. The van der Waals surface area contributed by atoms with Gasteiger partial charge in [0, 0.05) is 0 Å². The van der Waals surface area contributed by atoms with Crippen molar-refractivity contribution in [2.24, 2.45) is 5.73 Å². The largest absolute Gasteiger partial charge is 0.395 e. The summed E-state index contributed by atoms with van der Waals surface area (Å²) in [6.45, 7) is 1.98. The van der Waals surface area contributed by atoms with E-state index in [2.05, 4.69) is 19.1 Å². The first kappa shape index (κ1) is 15.9. The van der Waals surface area contributed by atoms with Gasteiger partial charge < -0.3 is 15.9 Å². The molecule has 0 spiro atoms. The van der Waals surface area contributed by atoms with Crippen LogP contribution in [0.1, 0.15) is 37.3 Å². The van der Waals surface area contributed by atoms with Gasteiger partial charge in [-0.1, -0.05) is 56.2 Å². The van der Waals surface area contributed by atoms with Crippen LogP contribution in [0.4, 0.5) is 0 Å². The van der Waals surface area contributed by atoms with Crippen molar-refractivity contribution in [1.29, 1.82) is 0 Å². The molecule has 2 unspecified atom stereocenters. The standard InChI is InChI=1S/C16H25NO2/c1-2-3-4-5-13-6-8-14(9-7-13)10-11-16(19)15(17)12-18/h6-11,15-16,18-19H,2-5,12,17H2,1H3. The molecule has 3 heteroatoms. The van der Waals surface area contributed by atoms with E-state index in [4.69, 9.17) is 10.8 Å². The Kier molecular flexibility index (Phi) is 7.41. The average molecular weight is 263 g/mol. The second-order valence-corrected chi connectivity index (χ2v) is 4.89. The quantitative estimate of drug-likeness (QED) is 0.629. The molecule has 0 heterocycles.